The predicted molar refractivity (Wildman–Crippen MR) is 93.0 cm³/mol. The van der Waals surface area contributed by atoms with Crippen molar-refractivity contribution in [2.45, 2.75) is 31.8 Å². The minimum atomic E-state index is 0.573. The van der Waals surface area contributed by atoms with Gasteiger partial charge in [0.05, 0.1) is 0 Å². The summed E-state index contributed by atoms with van der Waals surface area (Å²) in [5.41, 5.74) is 2.84. The Balaban J connectivity index is 1.43. The molecule has 0 unspecified atom stereocenters. The molecule has 2 aromatic carbocycles. The van der Waals surface area contributed by atoms with Gasteiger partial charge in [-0.15, -0.1) is 0 Å². The van der Waals surface area contributed by atoms with Gasteiger partial charge in [-0.05, 0) is 23.5 Å². The van der Waals surface area contributed by atoms with E-state index in [9.17, 15) is 0 Å². The van der Waals surface area contributed by atoms with Crippen molar-refractivity contribution in [2.24, 2.45) is 0 Å². The SMILES string of the molecule is C[C@H](CN[C@@H]1CCN(Cc2ccccc2)C1)c1ccccc1. The van der Waals surface area contributed by atoms with E-state index in [0.29, 0.717) is 12.0 Å². The molecule has 0 amide bonds. The van der Waals surface area contributed by atoms with Crippen molar-refractivity contribution in [1.82, 2.24) is 10.2 Å². The van der Waals surface area contributed by atoms with Crippen LogP contribution in [0.2, 0.25) is 0 Å². The third-order valence-corrected chi connectivity index (χ3v) is 4.60. The number of likely N-dealkylation sites (tertiary alicyclic amines) is 1. The second-order valence-electron chi connectivity index (χ2n) is 6.43. The highest BCUT2D eigenvalue weighted by Gasteiger charge is 2.22. The summed E-state index contributed by atoms with van der Waals surface area (Å²) in [6, 6.07) is 22.2. The fourth-order valence-corrected chi connectivity index (χ4v) is 3.23. The summed E-state index contributed by atoms with van der Waals surface area (Å²) < 4.78 is 0. The van der Waals surface area contributed by atoms with Crippen LogP contribution in [0.3, 0.4) is 0 Å². The van der Waals surface area contributed by atoms with Crippen LogP contribution in [0.1, 0.15) is 30.4 Å². The number of nitrogens with one attached hydrogen (secondary N) is 1. The van der Waals surface area contributed by atoms with Gasteiger partial charge in [0.25, 0.3) is 0 Å². The molecule has 1 saturated heterocycles. The maximum Gasteiger partial charge on any atom is 0.0234 e. The van der Waals surface area contributed by atoms with Crippen LogP contribution in [-0.2, 0) is 6.54 Å². The van der Waals surface area contributed by atoms with Gasteiger partial charge in [-0.2, -0.15) is 0 Å². The smallest absolute Gasteiger partial charge is 0.0234 e. The Morgan fingerprint density at radius 3 is 2.45 bits per heavy atom. The van der Waals surface area contributed by atoms with Crippen molar-refractivity contribution < 1.29 is 0 Å². The Hall–Kier alpha value is -1.64. The van der Waals surface area contributed by atoms with E-state index in [1.54, 1.807) is 0 Å². The van der Waals surface area contributed by atoms with Gasteiger partial charge in [0.15, 0.2) is 0 Å². The van der Waals surface area contributed by atoms with E-state index in [-0.39, 0.29) is 0 Å². The van der Waals surface area contributed by atoms with E-state index in [2.05, 4.69) is 77.8 Å². The molecule has 0 bridgehead atoms. The molecule has 2 nitrogen and oxygen atoms in total. The minimum Gasteiger partial charge on any atom is -0.312 e. The molecule has 0 spiro atoms. The lowest BCUT2D eigenvalue weighted by Gasteiger charge is -2.19. The first-order valence-electron chi connectivity index (χ1n) is 8.36. The van der Waals surface area contributed by atoms with E-state index >= 15 is 0 Å². The highest BCUT2D eigenvalue weighted by molar-refractivity contribution is 5.19. The van der Waals surface area contributed by atoms with Gasteiger partial charge in [0, 0.05) is 32.2 Å². The van der Waals surface area contributed by atoms with Gasteiger partial charge in [0.1, 0.15) is 0 Å². The Morgan fingerprint density at radius 1 is 1.05 bits per heavy atom. The number of nitrogens with zero attached hydrogens (tertiary/aromatic N) is 1. The zero-order valence-electron chi connectivity index (χ0n) is 13.4. The maximum absolute atomic E-state index is 3.75. The second-order valence-corrected chi connectivity index (χ2v) is 6.43. The van der Waals surface area contributed by atoms with Crippen molar-refractivity contribution in [1.29, 1.82) is 0 Å². The van der Waals surface area contributed by atoms with Crippen molar-refractivity contribution in [2.75, 3.05) is 19.6 Å². The predicted octanol–water partition coefficient (Wildman–Crippen LogP) is 3.65. The van der Waals surface area contributed by atoms with Crippen molar-refractivity contribution in [3.05, 3.63) is 71.8 Å². The molecule has 0 aliphatic carbocycles. The Labute approximate surface area is 134 Å². The molecular weight excluding hydrogens is 268 g/mol. The molecule has 2 atom stereocenters. The molecule has 2 heteroatoms. The van der Waals surface area contributed by atoms with Crippen LogP contribution >= 0.6 is 0 Å². The van der Waals surface area contributed by atoms with Gasteiger partial charge >= 0.3 is 0 Å². The van der Waals surface area contributed by atoms with Gasteiger partial charge < -0.3 is 5.32 Å². The number of hydrogen-bond donors (Lipinski definition) is 1. The maximum atomic E-state index is 3.75. The zero-order valence-corrected chi connectivity index (χ0v) is 13.4. The number of hydrogen-bond acceptors (Lipinski definition) is 2. The molecule has 0 saturated carbocycles. The average molecular weight is 294 g/mol. The second kappa shape index (κ2) is 7.57. The molecule has 0 radical (unpaired) electrons. The highest BCUT2D eigenvalue weighted by Crippen LogP contribution is 2.16. The van der Waals surface area contributed by atoms with Crippen LogP contribution in [0.5, 0.6) is 0 Å². The summed E-state index contributed by atoms with van der Waals surface area (Å²) in [4.78, 5) is 2.56. The van der Waals surface area contributed by atoms with Crippen LogP contribution in [0, 0.1) is 0 Å². The lowest BCUT2D eigenvalue weighted by atomic mass is 10.0. The fourth-order valence-electron chi connectivity index (χ4n) is 3.23. The molecular formula is C20H26N2. The molecule has 116 valence electrons. The lowest BCUT2D eigenvalue weighted by molar-refractivity contribution is 0.319. The quantitative estimate of drug-likeness (QED) is 0.875. The normalized spacial score (nSPS) is 20.1. The molecule has 0 aromatic heterocycles. The minimum absolute atomic E-state index is 0.573. The van der Waals surface area contributed by atoms with E-state index in [1.807, 2.05) is 0 Å². The van der Waals surface area contributed by atoms with Crippen LogP contribution in [0.25, 0.3) is 0 Å². The number of benzene rings is 2. The Bertz CT molecular complexity index is 552. The molecule has 1 aliphatic heterocycles. The van der Waals surface area contributed by atoms with E-state index in [4.69, 9.17) is 0 Å². The molecule has 3 rings (SSSR count). The summed E-state index contributed by atoms with van der Waals surface area (Å²) in [6.45, 7) is 6.81. The molecule has 1 N–H and O–H groups in total. The van der Waals surface area contributed by atoms with Crippen LogP contribution in [0.15, 0.2) is 60.7 Å². The number of rotatable bonds is 6. The Kier molecular flexibility index (Phi) is 5.25. The lowest BCUT2D eigenvalue weighted by Crippen LogP contribution is -2.34. The van der Waals surface area contributed by atoms with E-state index in [1.165, 1.54) is 24.1 Å². The largest absolute Gasteiger partial charge is 0.312 e. The highest BCUT2D eigenvalue weighted by atomic mass is 15.2. The first-order chi connectivity index (χ1) is 10.8. The third-order valence-electron chi connectivity index (χ3n) is 4.60. The summed E-state index contributed by atoms with van der Waals surface area (Å²) in [7, 11) is 0. The van der Waals surface area contributed by atoms with Gasteiger partial charge in [-0.25, -0.2) is 0 Å². The Morgan fingerprint density at radius 2 is 1.73 bits per heavy atom. The van der Waals surface area contributed by atoms with Gasteiger partial charge in [-0.3, -0.25) is 4.90 Å². The molecule has 2 aromatic rings. The third kappa shape index (κ3) is 4.19. The van der Waals surface area contributed by atoms with Gasteiger partial charge in [-0.1, -0.05) is 67.6 Å². The molecule has 1 fully saturated rings. The molecule has 1 heterocycles. The van der Waals surface area contributed by atoms with Gasteiger partial charge in [0.2, 0.25) is 0 Å². The first-order valence-corrected chi connectivity index (χ1v) is 8.36. The summed E-state index contributed by atoms with van der Waals surface area (Å²) >= 11 is 0. The summed E-state index contributed by atoms with van der Waals surface area (Å²) in [5.74, 6) is 0.573. The first kappa shape index (κ1) is 15.3. The van der Waals surface area contributed by atoms with Crippen LogP contribution < -0.4 is 5.32 Å². The average Bonchev–Trinajstić information content (AvgIpc) is 3.02. The van der Waals surface area contributed by atoms with Crippen LogP contribution in [-0.4, -0.2) is 30.6 Å². The topological polar surface area (TPSA) is 15.3 Å². The van der Waals surface area contributed by atoms with Crippen molar-refractivity contribution >= 4 is 0 Å². The van der Waals surface area contributed by atoms with Crippen molar-refractivity contribution in [3.8, 4) is 0 Å². The van der Waals surface area contributed by atoms with E-state index in [0.717, 1.165) is 19.6 Å². The zero-order chi connectivity index (χ0) is 15.2. The molecule has 22 heavy (non-hydrogen) atoms. The van der Waals surface area contributed by atoms with E-state index < -0.39 is 0 Å². The summed E-state index contributed by atoms with van der Waals surface area (Å²) in [5, 5.41) is 3.75. The standard InChI is InChI=1S/C20H26N2/c1-17(19-10-6-3-7-11-19)14-21-20-12-13-22(16-20)15-18-8-4-2-5-9-18/h2-11,17,20-21H,12-16H2,1H3/t17-,20-/m1/s1. The van der Waals surface area contributed by atoms with Crippen LogP contribution in [0.4, 0.5) is 0 Å². The van der Waals surface area contributed by atoms with Crippen molar-refractivity contribution in [3.63, 3.8) is 0 Å². The summed E-state index contributed by atoms with van der Waals surface area (Å²) in [6.07, 6.45) is 1.26. The fraction of sp³-hybridized carbons (Fsp3) is 0.400. The molecule has 1 aliphatic rings. The monoisotopic (exact) mass is 294 g/mol.